The van der Waals surface area contributed by atoms with Crippen molar-refractivity contribution in [3.05, 3.63) is 11.8 Å². The Kier molecular flexibility index (Phi) is 3.88. The molecule has 0 saturated carbocycles. The summed E-state index contributed by atoms with van der Waals surface area (Å²) in [6.45, 7) is 1.83. The largest absolute Gasteiger partial charge is 0.503 e. The van der Waals surface area contributed by atoms with Gasteiger partial charge in [0.15, 0.2) is 0 Å². The summed E-state index contributed by atoms with van der Waals surface area (Å²) in [6.07, 6.45) is 2.20. The zero-order chi connectivity index (χ0) is 5.70. The molecule has 0 spiro atoms. The number of allylic oxidation sites excluding steroid dienone is 1. The van der Waals surface area contributed by atoms with Crippen LogP contribution in [0.5, 0.6) is 0 Å². The maximum absolute atomic E-state index is 11.2. The van der Waals surface area contributed by atoms with E-state index in [2.05, 4.69) is 0 Å². The molecule has 0 aliphatic heterocycles. The molecule has 0 bridgehead atoms. The highest BCUT2D eigenvalue weighted by atomic mass is 28.4. The van der Waals surface area contributed by atoms with Crippen LogP contribution in [-0.2, 0) is 0 Å². The highest BCUT2D eigenvalue weighted by Crippen LogP contribution is 1.88. The molecule has 0 nitrogen and oxygen atoms in total. The molecule has 0 aliphatic carbocycles. The van der Waals surface area contributed by atoms with Crippen molar-refractivity contribution >= 4 is 9.46 Å². The first kappa shape index (κ1) is 6.82. The fourth-order valence-corrected chi connectivity index (χ4v) is 0.621. The highest BCUT2D eigenvalue weighted by molar-refractivity contribution is 6.49. The molecule has 0 heterocycles. The third kappa shape index (κ3) is 5.82. The summed E-state index contributed by atoms with van der Waals surface area (Å²) in [5, 5.41) is 0. The van der Waals surface area contributed by atoms with Crippen molar-refractivity contribution in [1.29, 1.82) is 0 Å². The van der Waals surface area contributed by atoms with Crippen LogP contribution in [0.4, 0.5) is 8.22 Å². The second kappa shape index (κ2) is 3.99. The van der Waals surface area contributed by atoms with Crippen molar-refractivity contribution in [3.63, 3.8) is 0 Å². The first-order chi connectivity index (χ1) is 3.27. The monoisotopic (exact) mass is 121 g/mol. The SMILES string of the molecule is CCC=C[Si](F)F. The van der Waals surface area contributed by atoms with Crippen LogP contribution in [0, 0.1) is 0 Å². The zero-order valence-electron chi connectivity index (χ0n) is 4.12. The van der Waals surface area contributed by atoms with Crippen LogP contribution < -0.4 is 0 Å². The minimum Gasteiger partial charge on any atom is -0.262 e. The van der Waals surface area contributed by atoms with E-state index in [4.69, 9.17) is 0 Å². The Balaban J connectivity index is 3.08. The summed E-state index contributed by atoms with van der Waals surface area (Å²) in [4.78, 5) is 0. The van der Waals surface area contributed by atoms with Crippen LogP contribution in [-0.4, -0.2) is 9.46 Å². The van der Waals surface area contributed by atoms with Crippen molar-refractivity contribution in [2.75, 3.05) is 0 Å². The summed E-state index contributed by atoms with van der Waals surface area (Å²) in [6, 6.07) is 0. The van der Waals surface area contributed by atoms with Gasteiger partial charge in [-0.2, -0.15) is 0 Å². The van der Waals surface area contributed by atoms with Gasteiger partial charge in [-0.3, -0.25) is 8.22 Å². The molecule has 0 N–H and O–H groups in total. The predicted molar refractivity (Wildman–Crippen MR) is 27.4 cm³/mol. The van der Waals surface area contributed by atoms with E-state index in [1.165, 1.54) is 6.08 Å². The van der Waals surface area contributed by atoms with Crippen LogP contribution >= 0.6 is 0 Å². The fourth-order valence-electron chi connectivity index (χ4n) is 0.207. The van der Waals surface area contributed by atoms with Gasteiger partial charge in [-0.25, -0.2) is 0 Å². The summed E-state index contributed by atoms with van der Waals surface area (Å²) < 4.78 is 22.5. The molecule has 1 radical (unpaired) electrons. The Labute approximate surface area is 43.8 Å². The van der Waals surface area contributed by atoms with Crippen LogP contribution in [0.1, 0.15) is 13.3 Å². The van der Waals surface area contributed by atoms with E-state index in [1.54, 1.807) is 0 Å². The molecule has 0 aromatic rings. The predicted octanol–water partition coefficient (Wildman–Crippen LogP) is 1.92. The molecular weight excluding hydrogens is 114 g/mol. The molecule has 7 heavy (non-hydrogen) atoms. The summed E-state index contributed by atoms with van der Waals surface area (Å²) in [7, 11) is -3.08. The Morgan fingerprint density at radius 2 is 2.14 bits per heavy atom. The average Bonchev–Trinajstić information content (AvgIpc) is 1.61. The second-order valence-corrected chi connectivity index (χ2v) is 2.01. The standard InChI is InChI=1S/C4H7F2Si/c1-2-3-4-7(5)6/h3-4H,2H2,1H3. The molecule has 0 fully saturated rings. The van der Waals surface area contributed by atoms with E-state index in [-0.39, 0.29) is 0 Å². The molecule has 0 atom stereocenters. The van der Waals surface area contributed by atoms with E-state index in [1.807, 2.05) is 6.92 Å². The molecule has 0 aromatic carbocycles. The number of halogens is 2. The van der Waals surface area contributed by atoms with Gasteiger partial charge in [0.1, 0.15) is 0 Å². The van der Waals surface area contributed by atoms with Crippen LogP contribution in [0.25, 0.3) is 0 Å². The van der Waals surface area contributed by atoms with Crippen molar-refractivity contribution in [1.82, 2.24) is 0 Å². The van der Waals surface area contributed by atoms with Gasteiger partial charge in [-0.1, -0.05) is 13.0 Å². The molecule has 0 aliphatic rings. The van der Waals surface area contributed by atoms with Gasteiger partial charge in [0.2, 0.25) is 0 Å². The smallest absolute Gasteiger partial charge is 0.262 e. The van der Waals surface area contributed by atoms with E-state index >= 15 is 0 Å². The Bertz CT molecular complexity index is 60.7. The fraction of sp³-hybridized carbons (Fsp3) is 0.500. The Morgan fingerprint density at radius 3 is 2.29 bits per heavy atom. The minimum atomic E-state index is -3.08. The molecule has 41 valence electrons. The molecule has 0 aromatic heterocycles. The second-order valence-electron chi connectivity index (χ2n) is 1.10. The lowest BCUT2D eigenvalue weighted by molar-refractivity contribution is 0.682. The van der Waals surface area contributed by atoms with Gasteiger partial charge in [0.25, 0.3) is 0 Å². The lowest BCUT2D eigenvalue weighted by atomic mass is 10.5. The van der Waals surface area contributed by atoms with Gasteiger partial charge < -0.3 is 0 Å². The van der Waals surface area contributed by atoms with Gasteiger partial charge in [-0.05, 0) is 12.1 Å². The lowest BCUT2D eigenvalue weighted by Gasteiger charge is -1.76. The van der Waals surface area contributed by atoms with Crippen molar-refractivity contribution in [3.8, 4) is 0 Å². The summed E-state index contributed by atoms with van der Waals surface area (Å²) in [5.41, 5.74) is 0.991. The molecule has 3 heteroatoms. The molecular formula is C4H7F2Si. The Hall–Kier alpha value is -0.183. The van der Waals surface area contributed by atoms with Gasteiger partial charge in [0.05, 0.1) is 0 Å². The number of hydrogen-bond donors (Lipinski definition) is 0. The molecule has 0 amide bonds. The quantitative estimate of drug-likeness (QED) is 0.387. The van der Waals surface area contributed by atoms with Gasteiger partial charge in [0, 0.05) is 0 Å². The highest BCUT2D eigenvalue weighted by Gasteiger charge is 1.99. The van der Waals surface area contributed by atoms with E-state index in [9.17, 15) is 8.22 Å². The van der Waals surface area contributed by atoms with Crippen LogP contribution in [0.15, 0.2) is 11.8 Å². The molecule has 0 saturated heterocycles. The summed E-state index contributed by atoms with van der Waals surface area (Å²) >= 11 is 0. The van der Waals surface area contributed by atoms with E-state index in [0.717, 1.165) is 5.70 Å². The molecule has 0 rings (SSSR count). The number of rotatable bonds is 2. The third-order valence-electron chi connectivity index (χ3n) is 0.480. The van der Waals surface area contributed by atoms with E-state index in [0.29, 0.717) is 6.42 Å². The average molecular weight is 121 g/mol. The molecule has 0 unspecified atom stereocenters. The maximum Gasteiger partial charge on any atom is 0.503 e. The number of hydrogen-bond acceptors (Lipinski definition) is 0. The maximum atomic E-state index is 11.2. The van der Waals surface area contributed by atoms with E-state index < -0.39 is 9.46 Å². The van der Waals surface area contributed by atoms with Crippen LogP contribution in [0.3, 0.4) is 0 Å². The lowest BCUT2D eigenvalue weighted by Crippen LogP contribution is -1.86. The topological polar surface area (TPSA) is 0 Å². The first-order valence-electron chi connectivity index (χ1n) is 2.12. The Morgan fingerprint density at radius 1 is 1.57 bits per heavy atom. The van der Waals surface area contributed by atoms with Gasteiger partial charge in [-0.15, -0.1) is 0 Å². The zero-order valence-corrected chi connectivity index (χ0v) is 5.12. The van der Waals surface area contributed by atoms with Crippen molar-refractivity contribution in [2.24, 2.45) is 0 Å². The van der Waals surface area contributed by atoms with Gasteiger partial charge >= 0.3 is 9.46 Å². The van der Waals surface area contributed by atoms with Crippen LogP contribution in [0.2, 0.25) is 0 Å². The van der Waals surface area contributed by atoms with Crippen molar-refractivity contribution < 1.29 is 8.22 Å². The summed E-state index contributed by atoms with van der Waals surface area (Å²) in [5.74, 6) is 0. The first-order valence-corrected chi connectivity index (χ1v) is 3.45. The third-order valence-corrected chi connectivity index (χ3v) is 0.967. The normalized spacial score (nSPS) is 11.4. The van der Waals surface area contributed by atoms with Crippen molar-refractivity contribution in [2.45, 2.75) is 13.3 Å². The minimum absolute atomic E-state index is 0.710.